The number of rotatable bonds is 3. The fourth-order valence-corrected chi connectivity index (χ4v) is 2.21. The molecular weight excluding hydrogens is 305 g/mol. The minimum absolute atomic E-state index is 0.503. The highest BCUT2D eigenvalue weighted by atomic mass is 32.2. The molecule has 0 bridgehead atoms. The van der Waals surface area contributed by atoms with Gasteiger partial charge in [-0.1, -0.05) is 0 Å². The van der Waals surface area contributed by atoms with Crippen LogP contribution in [-0.2, 0) is 14.6 Å². The number of esters is 1. The fraction of sp³-hybridized carbons (Fsp3) is 0.417. The zero-order valence-corrected chi connectivity index (χ0v) is 12.7. The molecule has 0 aliphatic rings. The number of nitro groups is 1. The first-order chi connectivity index (χ1) is 9.33. The van der Waals surface area contributed by atoms with Crippen molar-refractivity contribution < 1.29 is 27.3 Å². The molecule has 0 saturated heterocycles. The van der Waals surface area contributed by atoms with Gasteiger partial charge in [0, 0.05) is 12.3 Å². The van der Waals surface area contributed by atoms with E-state index in [-0.39, 0.29) is 0 Å². The zero-order valence-electron chi connectivity index (χ0n) is 11.8. The van der Waals surface area contributed by atoms with Gasteiger partial charge in [0.15, 0.2) is 9.84 Å². The molecule has 0 amide bonds. The van der Waals surface area contributed by atoms with Crippen LogP contribution in [0.5, 0.6) is 0 Å². The molecule has 1 aromatic rings. The van der Waals surface area contributed by atoms with E-state index in [1.54, 1.807) is 0 Å². The summed E-state index contributed by atoms with van der Waals surface area (Å²) in [4.78, 5) is 21.0. The Kier molecular flexibility index (Phi) is 4.37. The SMILES string of the molecule is CC(C)(C)OC(=O)c1cc(F)c(S(C)(=O)=O)cc1[N+](=O)[O-]. The normalized spacial score (nSPS) is 12.0. The number of carbonyl (C=O) groups excluding carboxylic acids is 1. The van der Waals surface area contributed by atoms with Gasteiger partial charge in [-0.3, -0.25) is 10.1 Å². The lowest BCUT2D eigenvalue weighted by atomic mass is 10.1. The molecule has 0 radical (unpaired) electrons. The number of ether oxygens (including phenoxy) is 1. The average Bonchev–Trinajstić information content (AvgIpc) is 2.23. The van der Waals surface area contributed by atoms with Gasteiger partial charge < -0.3 is 4.74 Å². The second kappa shape index (κ2) is 5.40. The molecule has 0 aliphatic carbocycles. The van der Waals surface area contributed by atoms with Crippen LogP contribution in [0.15, 0.2) is 17.0 Å². The number of sulfone groups is 1. The van der Waals surface area contributed by atoms with E-state index in [0.717, 1.165) is 0 Å². The molecule has 0 saturated carbocycles. The predicted octanol–water partition coefficient (Wildman–Crippen LogP) is 2.09. The van der Waals surface area contributed by atoms with Crippen LogP contribution in [0.1, 0.15) is 31.1 Å². The highest BCUT2D eigenvalue weighted by Crippen LogP contribution is 2.27. The van der Waals surface area contributed by atoms with Crippen LogP contribution in [0.2, 0.25) is 0 Å². The van der Waals surface area contributed by atoms with Crippen molar-refractivity contribution in [3.63, 3.8) is 0 Å². The summed E-state index contributed by atoms with van der Waals surface area (Å²) in [5.41, 5.74) is -2.40. The van der Waals surface area contributed by atoms with Crippen molar-refractivity contribution in [3.05, 3.63) is 33.6 Å². The Bertz CT molecular complexity index is 705. The topological polar surface area (TPSA) is 104 Å². The van der Waals surface area contributed by atoms with Gasteiger partial charge in [0.2, 0.25) is 0 Å². The quantitative estimate of drug-likeness (QED) is 0.480. The molecule has 0 aromatic heterocycles. The molecular formula is C12H14FNO6S. The van der Waals surface area contributed by atoms with E-state index in [9.17, 15) is 27.7 Å². The predicted molar refractivity (Wildman–Crippen MR) is 71.3 cm³/mol. The van der Waals surface area contributed by atoms with Crippen molar-refractivity contribution in [1.29, 1.82) is 0 Å². The zero-order chi connectivity index (χ0) is 16.6. The lowest BCUT2D eigenvalue weighted by molar-refractivity contribution is -0.385. The Hall–Kier alpha value is -2.03. The van der Waals surface area contributed by atoms with Crippen molar-refractivity contribution in [2.24, 2.45) is 0 Å². The molecule has 1 aromatic carbocycles. The molecule has 0 atom stereocenters. The largest absolute Gasteiger partial charge is 0.456 e. The first-order valence-electron chi connectivity index (χ1n) is 5.74. The van der Waals surface area contributed by atoms with Crippen molar-refractivity contribution in [3.8, 4) is 0 Å². The number of halogens is 1. The standard InChI is InChI=1S/C12H14FNO6S/c1-12(2,3)20-11(15)7-5-8(13)10(21(4,18)19)6-9(7)14(16)17/h5-6H,1-4H3. The molecule has 116 valence electrons. The molecule has 9 heteroatoms. The maximum Gasteiger partial charge on any atom is 0.345 e. The third kappa shape index (κ3) is 4.22. The first kappa shape index (κ1) is 17.0. The van der Waals surface area contributed by atoms with Crippen molar-refractivity contribution >= 4 is 21.5 Å². The minimum Gasteiger partial charge on any atom is -0.456 e. The number of benzene rings is 1. The summed E-state index contributed by atoms with van der Waals surface area (Å²) in [6.45, 7) is 4.62. The summed E-state index contributed by atoms with van der Waals surface area (Å²) in [5.74, 6) is -2.35. The van der Waals surface area contributed by atoms with Crippen LogP contribution in [0.4, 0.5) is 10.1 Å². The third-order valence-corrected chi connectivity index (χ3v) is 3.38. The third-order valence-electron chi connectivity index (χ3n) is 2.27. The summed E-state index contributed by atoms with van der Waals surface area (Å²) in [5, 5.41) is 11.0. The Morgan fingerprint density at radius 2 is 1.86 bits per heavy atom. The van der Waals surface area contributed by atoms with E-state index < -0.39 is 48.3 Å². The average molecular weight is 319 g/mol. The van der Waals surface area contributed by atoms with Gasteiger partial charge in [-0.05, 0) is 26.8 Å². The molecule has 1 rings (SSSR count). The molecule has 0 unspecified atom stereocenters. The van der Waals surface area contributed by atoms with Gasteiger partial charge in [0.25, 0.3) is 5.69 Å². The minimum atomic E-state index is -4.00. The second-order valence-corrected chi connectivity index (χ2v) is 7.32. The Morgan fingerprint density at radius 3 is 2.24 bits per heavy atom. The number of nitrogens with zero attached hydrogens (tertiary/aromatic N) is 1. The lowest BCUT2D eigenvalue weighted by Gasteiger charge is -2.19. The van der Waals surface area contributed by atoms with Crippen LogP contribution in [0, 0.1) is 15.9 Å². The van der Waals surface area contributed by atoms with E-state index in [4.69, 9.17) is 4.74 Å². The van der Waals surface area contributed by atoms with E-state index in [2.05, 4.69) is 0 Å². The van der Waals surface area contributed by atoms with Gasteiger partial charge >= 0.3 is 5.97 Å². The highest BCUT2D eigenvalue weighted by Gasteiger charge is 2.29. The smallest absolute Gasteiger partial charge is 0.345 e. The lowest BCUT2D eigenvalue weighted by Crippen LogP contribution is -2.24. The summed E-state index contributed by atoms with van der Waals surface area (Å²) >= 11 is 0. The van der Waals surface area contributed by atoms with Crippen LogP contribution in [0.25, 0.3) is 0 Å². The molecule has 21 heavy (non-hydrogen) atoms. The number of nitro benzene ring substituents is 1. The van der Waals surface area contributed by atoms with Crippen LogP contribution in [0.3, 0.4) is 0 Å². The van der Waals surface area contributed by atoms with Gasteiger partial charge in [-0.15, -0.1) is 0 Å². The van der Waals surface area contributed by atoms with Gasteiger partial charge in [-0.25, -0.2) is 17.6 Å². The van der Waals surface area contributed by atoms with Crippen LogP contribution >= 0.6 is 0 Å². The van der Waals surface area contributed by atoms with Crippen molar-refractivity contribution in [2.75, 3.05) is 6.26 Å². The summed E-state index contributed by atoms with van der Waals surface area (Å²) in [6.07, 6.45) is 0.711. The van der Waals surface area contributed by atoms with E-state index in [1.165, 1.54) is 20.8 Å². The first-order valence-corrected chi connectivity index (χ1v) is 7.63. The van der Waals surface area contributed by atoms with Crippen molar-refractivity contribution in [2.45, 2.75) is 31.3 Å². The second-order valence-electron chi connectivity index (χ2n) is 5.33. The molecule has 0 spiro atoms. The van der Waals surface area contributed by atoms with Gasteiger partial charge in [-0.2, -0.15) is 0 Å². The molecule has 0 fully saturated rings. The Balaban J connectivity index is 3.51. The highest BCUT2D eigenvalue weighted by molar-refractivity contribution is 7.90. The Morgan fingerprint density at radius 1 is 1.33 bits per heavy atom. The summed E-state index contributed by atoms with van der Waals surface area (Å²) < 4.78 is 41.4. The number of hydrogen-bond acceptors (Lipinski definition) is 6. The number of carbonyl (C=O) groups is 1. The summed E-state index contributed by atoms with van der Waals surface area (Å²) in [7, 11) is -4.00. The fourth-order valence-electron chi connectivity index (χ4n) is 1.47. The summed E-state index contributed by atoms with van der Waals surface area (Å²) in [6, 6.07) is 1.02. The van der Waals surface area contributed by atoms with E-state index in [1.807, 2.05) is 0 Å². The molecule has 0 aliphatic heterocycles. The van der Waals surface area contributed by atoms with E-state index >= 15 is 0 Å². The molecule has 0 heterocycles. The van der Waals surface area contributed by atoms with Gasteiger partial charge in [0.05, 0.1) is 4.92 Å². The maximum absolute atomic E-state index is 13.8. The van der Waals surface area contributed by atoms with Crippen LogP contribution in [-0.4, -0.2) is 31.2 Å². The number of hydrogen-bond donors (Lipinski definition) is 0. The maximum atomic E-state index is 13.8. The van der Waals surface area contributed by atoms with Crippen LogP contribution < -0.4 is 0 Å². The monoisotopic (exact) mass is 319 g/mol. The van der Waals surface area contributed by atoms with Crippen molar-refractivity contribution in [1.82, 2.24) is 0 Å². The molecule has 0 N–H and O–H groups in total. The molecule has 7 nitrogen and oxygen atoms in total. The van der Waals surface area contributed by atoms with Gasteiger partial charge in [0.1, 0.15) is 21.9 Å². The Labute approximate surface area is 120 Å². The van der Waals surface area contributed by atoms with E-state index in [0.29, 0.717) is 18.4 Å².